The van der Waals surface area contributed by atoms with E-state index in [9.17, 15) is 29.1 Å². The molecule has 0 aliphatic carbocycles. The molecule has 1 unspecified atom stereocenters. The van der Waals surface area contributed by atoms with Crippen molar-refractivity contribution in [3.05, 3.63) is 56.9 Å². The highest BCUT2D eigenvalue weighted by Gasteiger charge is 2.50. The number of cyclic esters (lactones) is 1. The number of phenolic OH excluding ortho intramolecular Hbond substituents is 1. The molecule has 1 fully saturated rings. The molecule has 0 bridgehead atoms. The average Bonchev–Trinajstić information content (AvgIpc) is 3.43. The van der Waals surface area contributed by atoms with Crippen molar-refractivity contribution < 1.29 is 33.8 Å². The van der Waals surface area contributed by atoms with Crippen LogP contribution in [-0.4, -0.2) is 49.9 Å². The van der Waals surface area contributed by atoms with Crippen LogP contribution in [0, 0.1) is 5.92 Å². The summed E-state index contributed by atoms with van der Waals surface area (Å²) in [4.78, 5) is 70.4. The molecule has 3 aromatic rings. The van der Waals surface area contributed by atoms with Gasteiger partial charge in [0.25, 0.3) is 5.56 Å². The van der Waals surface area contributed by atoms with Crippen LogP contribution in [-0.2, 0) is 53.8 Å². The van der Waals surface area contributed by atoms with Gasteiger partial charge in [0.2, 0.25) is 17.4 Å². The lowest BCUT2D eigenvalue weighted by Gasteiger charge is -2.35. The number of esters is 2. The maximum absolute atomic E-state index is 13.8. The van der Waals surface area contributed by atoms with Crippen LogP contribution in [0.15, 0.2) is 29.1 Å². The molecule has 0 spiro atoms. The van der Waals surface area contributed by atoms with Gasteiger partial charge in [-0.15, -0.1) is 0 Å². The van der Waals surface area contributed by atoms with E-state index in [1.807, 2.05) is 6.92 Å². The number of pyridine rings is 2. The zero-order valence-corrected chi connectivity index (χ0v) is 23.0. The Bertz CT molecular complexity index is 1740. The van der Waals surface area contributed by atoms with Crippen molar-refractivity contribution in [3.63, 3.8) is 0 Å². The van der Waals surface area contributed by atoms with E-state index in [4.69, 9.17) is 14.5 Å². The first-order valence-electron chi connectivity index (χ1n) is 13.7. The van der Waals surface area contributed by atoms with Crippen molar-refractivity contribution in [1.29, 1.82) is 0 Å². The zero-order valence-electron chi connectivity index (χ0n) is 23.0. The molecular weight excluding hydrogens is 530 g/mol. The van der Waals surface area contributed by atoms with Crippen molar-refractivity contribution >= 4 is 34.7 Å². The summed E-state index contributed by atoms with van der Waals surface area (Å²) in [7, 11) is 0. The predicted octanol–water partition coefficient (Wildman–Crippen LogP) is 2.68. The lowest BCUT2D eigenvalue weighted by molar-refractivity contribution is -0.189. The molecule has 5 heterocycles. The minimum Gasteiger partial charge on any atom is -0.508 e. The van der Waals surface area contributed by atoms with E-state index < -0.39 is 23.5 Å². The molecule has 212 valence electrons. The van der Waals surface area contributed by atoms with Crippen LogP contribution in [0.3, 0.4) is 0 Å². The van der Waals surface area contributed by atoms with E-state index in [0.29, 0.717) is 23.3 Å². The maximum atomic E-state index is 13.8. The number of nitrogens with zero attached hydrogens (tertiary/aromatic N) is 3. The first-order valence-corrected chi connectivity index (χ1v) is 13.7. The number of carbonyl (C=O) groups is 4. The van der Waals surface area contributed by atoms with Crippen molar-refractivity contribution in [2.24, 2.45) is 5.92 Å². The van der Waals surface area contributed by atoms with Crippen LogP contribution in [0.25, 0.3) is 22.3 Å². The third kappa shape index (κ3) is 3.93. The highest BCUT2D eigenvalue weighted by Crippen LogP contribution is 2.42. The van der Waals surface area contributed by atoms with Gasteiger partial charge in [0.15, 0.2) is 0 Å². The molecule has 41 heavy (non-hydrogen) atoms. The van der Waals surface area contributed by atoms with E-state index in [1.54, 1.807) is 42.7 Å². The summed E-state index contributed by atoms with van der Waals surface area (Å²) in [5, 5.41) is 10.9. The van der Waals surface area contributed by atoms with Crippen molar-refractivity contribution in [3.8, 4) is 17.1 Å². The molecule has 11 heteroatoms. The van der Waals surface area contributed by atoms with Crippen LogP contribution in [0.1, 0.15) is 62.3 Å². The summed E-state index contributed by atoms with van der Waals surface area (Å²) in [6.07, 6.45) is 0.435. The van der Waals surface area contributed by atoms with Gasteiger partial charge in [-0.05, 0) is 42.7 Å². The van der Waals surface area contributed by atoms with E-state index in [2.05, 4.69) is 0 Å². The Hall–Kier alpha value is -4.54. The molecule has 3 aliphatic heterocycles. The number of aromatic nitrogens is 2. The molecule has 3 aliphatic rings. The normalized spacial score (nSPS) is 21.1. The van der Waals surface area contributed by atoms with Gasteiger partial charge in [-0.1, -0.05) is 20.8 Å². The first-order chi connectivity index (χ1) is 19.6. The van der Waals surface area contributed by atoms with Gasteiger partial charge < -0.3 is 19.1 Å². The number of benzene rings is 1. The number of hydrogen-bond donors (Lipinski definition) is 1. The van der Waals surface area contributed by atoms with Gasteiger partial charge in [-0.3, -0.25) is 24.1 Å². The number of carbonyl (C=O) groups excluding carboxylic acids is 4. The molecule has 2 atom stereocenters. The minimum atomic E-state index is -1.87. The fourth-order valence-corrected chi connectivity index (χ4v) is 6.24. The van der Waals surface area contributed by atoms with Gasteiger partial charge in [-0.25, -0.2) is 9.78 Å². The van der Waals surface area contributed by atoms with Crippen molar-refractivity contribution in [2.75, 3.05) is 6.54 Å². The van der Waals surface area contributed by atoms with Crippen molar-refractivity contribution in [1.82, 2.24) is 14.5 Å². The minimum absolute atomic E-state index is 0.00354. The van der Waals surface area contributed by atoms with Crippen LogP contribution in [0.2, 0.25) is 0 Å². The number of ether oxygens (including phenoxy) is 2. The summed E-state index contributed by atoms with van der Waals surface area (Å²) in [6.45, 7) is 5.15. The number of hydrogen-bond acceptors (Lipinski definition) is 9. The molecule has 0 saturated carbocycles. The third-order valence-electron chi connectivity index (χ3n) is 8.41. The summed E-state index contributed by atoms with van der Waals surface area (Å²) in [6, 6.07) is 6.62. The van der Waals surface area contributed by atoms with Crippen molar-refractivity contribution in [2.45, 2.75) is 65.2 Å². The molecule has 1 N–H and O–H groups in total. The number of likely N-dealkylation sites (tertiary alicyclic amines) is 1. The van der Waals surface area contributed by atoms with Gasteiger partial charge in [0.1, 0.15) is 12.4 Å². The number of amides is 2. The van der Waals surface area contributed by atoms with Crippen LogP contribution >= 0.6 is 0 Å². The van der Waals surface area contributed by atoms with E-state index in [1.165, 1.54) is 0 Å². The standard InChI is InChI=1S/C30H29N3O8/c1-4-17-18-11-16(34)6-7-22(18)31-26-19(17)13-33-23(26)12-21-20(28(33)38)14-40-29(39)30(21,5-2)41-25(36)8-9-32-24(35)10-15(3)27(32)37/h6-7,11-12,15,34H,4-5,8-10,13-14H2,1-3H3/t15?,30-/m0/s1. The Morgan fingerprint density at radius 2 is 1.95 bits per heavy atom. The average molecular weight is 560 g/mol. The van der Waals surface area contributed by atoms with E-state index in [-0.39, 0.29) is 73.2 Å². The Labute approximate surface area is 234 Å². The Morgan fingerprint density at radius 1 is 1.17 bits per heavy atom. The number of fused-ring (bicyclic) bond motifs is 5. The molecule has 0 radical (unpaired) electrons. The van der Waals surface area contributed by atoms with Gasteiger partial charge in [0, 0.05) is 35.4 Å². The Balaban J connectivity index is 1.41. The second kappa shape index (κ2) is 9.53. The Morgan fingerprint density at radius 3 is 2.63 bits per heavy atom. The third-order valence-corrected chi connectivity index (χ3v) is 8.41. The number of phenols is 1. The Kier molecular flexibility index (Phi) is 6.20. The quantitative estimate of drug-likeness (QED) is 0.278. The summed E-state index contributed by atoms with van der Waals surface area (Å²) in [5.74, 6) is -2.61. The highest BCUT2D eigenvalue weighted by molar-refractivity contribution is 6.03. The van der Waals surface area contributed by atoms with Crippen LogP contribution < -0.4 is 5.56 Å². The first kappa shape index (κ1) is 26.7. The number of aromatic hydroxyl groups is 1. The molecule has 1 saturated heterocycles. The zero-order chi connectivity index (χ0) is 29.2. The second-order valence-corrected chi connectivity index (χ2v) is 10.8. The van der Waals surface area contributed by atoms with E-state index >= 15 is 0 Å². The molecule has 1 aromatic carbocycles. The fraction of sp³-hybridized carbons (Fsp3) is 0.400. The fourth-order valence-electron chi connectivity index (χ4n) is 6.24. The molecule has 6 rings (SSSR count). The second-order valence-electron chi connectivity index (χ2n) is 10.8. The monoisotopic (exact) mass is 559 g/mol. The van der Waals surface area contributed by atoms with E-state index in [0.717, 1.165) is 21.4 Å². The molecule has 2 amide bonds. The predicted molar refractivity (Wildman–Crippen MR) is 145 cm³/mol. The lowest BCUT2D eigenvalue weighted by Crippen LogP contribution is -2.47. The van der Waals surface area contributed by atoms with Gasteiger partial charge in [-0.2, -0.15) is 0 Å². The smallest absolute Gasteiger partial charge is 0.355 e. The highest BCUT2D eigenvalue weighted by atomic mass is 16.6. The molecule has 11 nitrogen and oxygen atoms in total. The topological polar surface area (TPSA) is 145 Å². The number of aryl methyl sites for hydroxylation is 1. The molecule has 2 aromatic heterocycles. The SMILES string of the molecule is CCc1c2c(nc3ccc(O)cc13)-c1cc3c(c(=O)n1C2)COC(=O)[C@@]3(CC)OC(=O)CCN1C(=O)CC(C)C1=O. The number of imide groups is 1. The summed E-state index contributed by atoms with van der Waals surface area (Å²) >= 11 is 0. The maximum Gasteiger partial charge on any atom is 0.355 e. The number of rotatable bonds is 6. The van der Waals surface area contributed by atoms with Gasteiger partial charge >= 0.3 is 11.9 Å². The van der Waals surface area contributed by atoms with Crippen LogP contribution in [0.4, 0.5) is 0 Å². The summed E-state index contributed by atoms with van der Waals surface area (Å²) < 4.78 is 12.8. The molecular formula is C30H29N3O8. The lowest BCUT2D eigenvalue weighted by atomic mass is 9.85. The largest absolute Gasteiger partial charge is 0.508 e. The van der Waals surface area contributed by atoms with Crippen LogP contribution in [0.5, 0.6) is 5.75 Å². The van der Waals surface area contributed by atoms with Gasteiger partial charge in [0.05, 0.1) is 35.4 Å². The summed E-state index contributed by atoms with van der Waals surface area (Å²) in [5.41, 5.74) is 1.79.